The molecule has 0 spiro atoms. The summed E-state index contributed by atoms with van der Waals surface area (Å²) in [4.78, 5) is 19.4. The summed E-state index contributed by atoms with van der Waals surface area (Å²) in [5, 5.41) is 12.8. The van der Waals surface area contributed by atoms with Gasteiger partial charge in [0.15, 0.2) is 0 Å². The van der Waals surface area contributed by atoms with Gasteiger partial charge < -0.3 is 5.32 Å². The van der Waals surface area contributed by atoms with Crippen LogP contribution in [0, 0.1) is 11.8 Å². The van der Waals surface area contributed by atoms with Gasteiger partial charge in [0.1, 0.15) is 10.7 Å². The zero-order valence-electron chi connectivity index (χ0n) is 13.2. The number of aromatic nitrogens is 3. The number of fused-ring (bicyclic) bond motifs is 1. The van der Waals surface area contributed by atoms with Crippen LogP contribution in [0.4, 0.5) is 5.69 Å². The van der Waals surface area contributed by atoms with Crippen molar-refractivity contribution in [2.75, 3.05) is 18.4 Å². The van der Waals surface area contributed by atoms with Gasteiger partial charge in [-0.2, -0.15) is 5.10 Å². The minimum atomic E-state index is 0.0654. The first-order valence-corrected chi connectivity index (χ1v) is 9.07. The first-order valence-electron chi connectivity index (χ1n) is 8.19. The van der Waals surface area contributed by atoms with Crippen molar-refractivity contribution < 1.29 is 4.79 Å². The van der Waals surface area contributed by atoms with E-state index in [1.54, 1.807) is 12.4 Å². The molecule has 2 N–H and O–H groups in total. The third-order valence-electron chi connectivity index (χ3n) is 4.95. The number of amides is 1. The minimum Gasteiger partial charge on any atom is -0.323 e. The van der Waals surface area contributed by atoms with Gasteiger partial charge in [-0.1, -0.05) is 6.92 Å². The molecule has 4 rings (SSSR count). The lowest BCUT2D eigenvalue weighted by Gasteiger charge is -2.34. The van der Waals surface area contributed by atoms with Crippen molar-refractivity contribution in [3.63, 3.8) is 0 Å². The summed E-state index contributed by atoms with van der Waals surface area (Å²) >= 11 is 1.53. The lowest BCUT2D eigenvalue weighted by molar-refractivity contribution is -0.121. The predicted octanol–water partition coefficient (Wildman–Crippen LogP) is 2.59. The normalized spacial score (nSPS) is 27.8. The van der Waals surface area contributed by atoms with Gasteiger partial charge in [0.2, 0.25) is 5.91 Å². The second-order valence-electron chi connectivity index (χ2n) is 6.71. The van der Waals surface area contributed by atoms with E-state index in [1.807, 2.05) is 5.38 Å². The first-order chi connectivity index (χ1) is 11.2. The fourth-order valence-electron chi connectivity index (χ4n) is 3.87. The van der Waals surface area contributed by atoms with Gasteiger partial charge in [-0.15, -0.1) is 11.3 Å². The van der Waals surface area contributed by atoms with Crippen molar-refractivity contribution in [3.8, 4) is 10.7 Å². The third kappa shape index (κ3) is 2.90. The molecular formula is C16H21N5OS. The molecule has 4 heterocycles. The number of nitrogens with zero attached hydrogens (tertiary/aromatic N) is 3. The summed E-state index contributed by atoms with van der Waals surface area (Å²) in [5.41, 5.74) is 1.51. The Balaban J connectivity index is 1.44. The molecule has 0 aromatic carbocycles. The lowest BCUT2D eigenvalue weighted by atomic mass is 9.92. The van der Waals surface area contributed by atoms with Gasteiger partial charge in [-0.25, -0.2) is 4.98 Å². The number of hydrogen-bond acceptors (Lipinski definition) is 5. The summed E-state index contributed by atoms with van der Waals surface area (Å²) in [6.45, 7) is 4.31. The minimum absolute atomic E-state index is 0.0654. The molecule has 0 bridgehead atoms. The van der Waals surface area contributed by atoms with Gasteiger partial charge in [-0.3, -0.25) is 14.8 Å². The van der Waals surface area contributed by atoms with Crippen LogP contribution in [0.15, 0.2) is 17.8 Å². The molecule has 0 aliphatic carbocycles. The van der Waals surface area contributed by atoms with E-state index in [0.29, 0.717) is 6.04 Å². The molecule has 2 aromatic rings. The summed E-state index contributed by atoms with van der Waals surface area (Å²) in [6, 6.07) is 0.689. The highest BCUT2D eigenvalue weighted by Crippen LogP contribution is 2.33. The zero-order valence-corrected chi connectivity index (χ0v) is 14.0. The van der Waals surface area contributed by atoms with Crippen molar-refractivity contribution >= 4 is 22.9 Å². The highest BCUT2D eigenvalue weighted by molar-refractivity contribution is 7.13. The number of rotatable bonds is 3. The van der Waals surface area contributed by atoms with Crippen LogP contribution in [-0.2, 0) is 4.79 Å². The van der Waals surface area contributed by atoms with Crippen LogP contribution < -0.4 is 5.32 Å². The Labute approximate surface area is 139 Å². The largest absolute Gasteiger partial charge is 0.323 e. The average molecular weight is 331 g/mol. The Bertz CT molecular complexity index is 682. The molecule has 2 aromatic heterocycles. The molecule has 2 aliphatic heterocycles. The number of thiazole rings is 1. The van der Waals surface area contributed by atoms with Crippen LogP contribution in [0.2, 0.25) is 0 Å². The summed E-state index contributed by atoms with van der Waals surface area (Å²) in [6.07, 6.45) is 6.81. The quantitative estimate of drug-likeness (QED) is 0.906. The lowest BCUT2D eigenvalue weighted by Crippen LogP contribution is -2.43. The fourth-order valence-corrected chi connectivity index (χ4v) is 4.51. The van der Waals surface area contributed by atoms with Gasteiger partial charge >= 0.3 is 0 Å². The second kappa shape index (κ2) is 6.05. The fraction of sp³-hybridized carbons (Fsp3) is 0.562. The van der Waals surface area contributed by atoms with Crippen LogP contribution in [0.1, 0.15) is 26.2 Å². The topological polar surface area (TPSA) is 73.9 Å². The molecule has 6 nitrogen and oxygen atoms in total. The molecule has 1 amide bonds. The third-order valence-corrected chi connectivity index (χ3v) is 5.75. The summed E-state index contributed by atoms with van der Waals surface area (Å²) in [5.74, 6) is 0.921. The van der Waals surface area contributed by atoms with Crippen molar-refractivity contribution in [1.82, 2.24) is 20.1 Å². The molecule has 2 saturated heterocycles. The average Bonchev–Trinajstić information content (AvgIpc) is 3.25. The highest BCUT2D eigenvalue weighted by atomic mass is 32.1. The molecule has 23 heavy (non-hydrogen) atoms. The van der Waals surface area contributed by atoms with E-state index < -0.39 is 0 Å². The SMILES string of the molecule is CC1CC2CCC(C(=O)Nc3cn[nH]c3-c3nccs3)CN2C1. The van der Waals surface area contributed by atoms with E-state index >= 15 is 0 Å². The van der Waals surface area contributed by atoms with Crippen LogP contribution in [-0.4, -0.2) is 45.1 Å². The predicted molar refractivity (Wildman–Crippen MR) is 90.2 cm³/mol. The van der Waals surface area contributed by atoms with E-state index in [1.165, 1.54) is 17.8 Å². The maximum atomic E-state index is 12.7. The highest BCUT2D eigenvalue weighted by Gasteiger charge is 2.37. The molecule has 0 saturated carbocycles. The maximum absolute atomic E-state index is 12.7. The second-order valence-corrected chi connectivity index (χ2v) is 7.60. The van der Waals surface area contributed by atoms with Crippen molar-refractivity contribution in [1.29, 1.82) is 0 Å². The number of nitrogens with one attached hydrogen (secondary N) is 2. The Morgan fingerprint density at radius 1 is 1.43 bits per heavy atom. The Morgan fingerprint density at radius 2 is 2.35 bits per heavy atom. The number of carbonyl (C=O) groups is 1. The van der Waals surface area contributed by atoms with E-state index in [9.17, 15) is 4.79 Å². The van der Waals surface area contributed by atoms with Gasteiger partial charge in [0.25, 0.3) is 0 Å². The number of piperidine rings is 1. The number of aromatic amines is 1. The Morgan fingerprint density at radius 3 is 3.17 bits per heavy atom. The van der Waals surface area contributed by atoms with Crippen molar-refractivity contribution in [2.24, 2.45) is 11.8 Å². The molecule has 0 radical (unpaired) electrons. The van der Waals surface area contributed by atoms with Gasteiger partial charge in [0, 0.05) is 30.7 Å². The Hall–Kier alpha value is -1.73. The number of hydrogen-bond donors (Lipinski definition) is 2. The van der Waals surface area contributed by atoms with E-state index in [2.05, 4.69) is 32.3 Å². The van der Waals surface area contributed by atoms with Crippen molar-refractivity contribution in [3.05, 3.63) is 17.8 Å². The van der Waals surface area contributed by atoms with Gasteiger partial charge in [-0.05, 0) is 25.2 Å². The van der Waals surface area contributed by atoms with E-state index in [-0.39, 0.29) is 11.8 Å². The van der Waals surface area contributed by atoms with Crippen LogP contribution in [0.25, 0.3) is 10.7 Å². The van der Waals surface area contributed by atoms with E-state index in [0.717, 1.165) is 48.2 Å². The number of H-pyrrole nitrogens is 1. The van der Waals surface area contributed by atoms with Crippen molar-refractivity contribution in [2.45, 2.75) is 32.2 Å². The van der Waals surface area contributed by atoms with Crippen LogP contribution >= 0.6 is 11.3 Å². The standard InChI is InChI=1S/C16H21N5OS/c1-10-6-12-3-2-11(9-21(12)8-10)15(22)19-13-7-18-20-14(13)16-17-4-5-23-16/h4-5,7,10-12H,2-3,6,8-9H2,1H3,(H,18,20)(H,19,22). The molecular weight excluding hydrogens is 310 g/mol. The monoisotopic (exact) mass is 331 g/mol. The molecule has 3 atom stereocenters. The Kier molecular flexibility index (Phi) is 3.90. The maximum Gasteiger partial charge on any atom is 0.228 e. The molecule has 7 heteroatoms. The summed E-state index contributed by atoms with van der Waals surface area (Å²) < 4.78 is 0. The number of carbonyl (C=O) groups excluding carboxylic acids is 1. The first kappa shape index (κ1) is 14.8. The van der Waals surface area contributed by atoms with Gasteiger partial charge in [0.05, 0.1) is 17.8 Å². The van der Waals surface area contributed by atoms with Crippen LogP contribution in [0.3, 0.4) is 0 Å². The molecule has 2 aliphatic rings. The number of anilines is 1. The molecule has 3 unspecified atom stereocenters. The van der Waals surface area contributed by atoms with Crippen LogP contribution in [0.5, 0.6) is 0 Å². The smallest absolute Gasteiger partial charge is 0.228 e. The molecule has 122 valence electrons. The zero-order chi connectivity index (χ0) is 15.8. The van der Waals surface area contributed by atoms with E-state index in [4.69, 9.17) is 0 Å². The summed E-state index contributed by atoms with van der Waals surface area (Å²) in [7, 11) is 0. The molecule has 2 fully saturated rings.